The molecule has 1 amide bonds. The maximum Gasteiger partial charge on any atom is 0.261 e. The molecule has 0 aliphatic heterocycles. The minimum atomic E-state index is -0.443. The first-order chi connectivity index (χ1) is 9.76. The van der Waals surface area contributed by atoms with Gasteiger partial charge in [0.2, 0.25) is 0 Å². The zero-order chi connectivity index (χ0) is 15.6. The number of benzene rings is 1. The fourth-order valence-corrected chi connectivity index (χ4v) is 2.97. The first-order valence-corrected chi connectivity index (χ1v) is 7.51. The van der Waals surface area contributed by atoms with Crippen molar-refractivity contribution in [3.8, 4) is 10.4 Å². The van der Waals surface area contributed by atoms with Crippen molar-refractivity contribution in [2.24, 2.45) is 5.73 Å². The van der Waals surface area contributed by atoms with E-state index in [1.54, 1.807) is 12.1 Å². The average Bonchev–Trinajstić information content (AvgIpc) is 2.78. The molecular weight excluding hydrogens is 287 g/mol. The van der Waals surface area contributed by atoms with Crippen LogP contribution in [-0.2, 0) is 0 Å². The van der Waals surface area contributed by atoms with Gasteiger partial charge in [-0.1, -0.05) is 12.1 Å². The third-order valence-electron chi connectivity index (χ3n) is 2.95. The number of hydrogen-bond donors (Lipinski definition) is 2. The van der Waals surface area contributed by atoms with E-state index in [2.05, 4.69) is 5.32 Å². The number of amides is 1. The Morgan fingerprint density at radius 3 is 2.52 bits per heavy atom. The molecule has 1 aromatic carbocycles. The van der Waals surface area contributed by atoms with Crippen LogP contribution in [-0.4, -0.2) is 18.0 Å². The van der Waals surface area contributed by atoms with Crippen molar-refractivity contribution in [3.05, 3.63) is 46.6 Å². The molecule has 2 rings (SSSR count). The highest BCUT2D eigenvalue weighted by molar-refractivity contribution is 7.17. The normalized spacial score (nSPS) is 11.5. The van der Waals surface area contributed by atoms with Crippen molar-refractivity contribution in [1.82, 2.24) is 5.32 Å². The Morgan fingerprint density at radius 2 is 1.95 bits per heavy atom. The number of halogens is 1. The highest BCUT2D eigenvalue weighted by atomic mass is 32.1. The van der Waals surface area contributed by atoms with Gasteiger partial charge in [-0.3, -0.25) is 4.79 Å². The molecule has 0 saturated carbocycles. The van der Waals surface area contributed by atoms with Crippen molar-refractivity contribution >= 4 is 17.2 Å². The predicted octanol–water partition coefficient (Wildman–Crippen LogP) is 3.33. The monoisotopic (exact) mass is 306 g/mol. The summed E-state index contributed by atoms with van der Waals surface area (Å²) in [4.78, 5) is 13.7. The molecule has 5 heteroatoms. The fraction of sp³-hybridized carbons (Fsp3) is 0.312. The van der Waals surface area contributed by atoms with Crippen LogP contribution in [0.4, 0.5) is 4.39 Å². The summed E-state index contributed by atoms with van der Waals surface area (Å²) in [5.41, 5.74) is 7.33. The van der Waals surface area contributed by atoms with Crippen LogP contribution in [0.15, 0.2) is 30.3 Å². The van der Waals surface area contributed by atoms with E-state index in [-0.39, 0.29) is 11.7 Å². The maximum absolute atomic E-state index is 13.0. The third kappa shape index (κ3) is 4.12. The molecule has 2 aromatic rings. The number of nitrogens with two attached hydrogens (primary N) is 1. The number of hydrogen-bond acceptors (Lipinski definition) is 3. The molecule has 0 spiro atoms. The van der Waals surface area contributed by atoms with Gasteiger partial charge < -0.3 is 11.1 Å². The van der Waals surface area contributed by atoms with Gasteiger partial charge in [0.15, 0.2) is 0 Å². The van der Waals surface area contributed by atoms with Crippen LogP contribution in [0, 0.1) is 12.7 Å². The van der Waals surface area contributed by atoms with Crippen LogP contribution in [0.1, 0.15) is 29.1 Å². The van der Waals surface area contributed by atoms with Gasteiger partial charge in [0.05, 0.1) is 4.88 Å². The molecule has 1 heterocycles. The summed E-state index contributed by atoms with van der Waals surface area (Å²) in [5, 5.41) is 2.83. The maximum atomic E-state index is 13.0. The molecule has 112 valence electrons. The molecule has 0 saturated heterocycles. The highest BCUT2D eigenvalue weighted by Gasteiger charge is 2.16. The summed E-state index contributed by atoms with van der Waals surface area (Å²) in [7, 11) is 0. The van der Waals surface area contributed by atoms with E-state index in [9.17, 15) is 9.18 Å². The van der Waals surface area contributed by atoms with Gasteiger partial charge in [0.25, 0.3) is 5.91 Å². The minimum Gasteiger partial charge on any atom is -0.350 e. The van der Waals surface area contributed by atoms with Crippen molar-refractivity contribution in [3.63, 3.8) is 0 Å². The van der Waals surface area contributed by atoms with Crippen LogP contribution < -0.4 is 11.1 Å². The lowest BCUT2D eigenvalue weighted by molar-refractivity contribution is 0.0950. The molecule has 1 aromatic heterocycles. The van der Waals surface area contributed by atoms with Crippen LogP contribution >= 0.6 is 11.3 Å². The number of thiophene rings is 1. The van der Waals surface area contributed by atoms with Crippen LogP contribution in [0.5, 0.6) is 0 Å². The first kappa shape index (κ1) is 15.7. The molecule has 0 bridgehead atoms. The summed E-state index contributed by atoms with van der Waals surface area (Å²) in [5.74, 6) is -0.397. The van der Waals surface area contributed by atoms with E-state index in [0.717, 1.165) is 16.0 Å². The number of carbonyl (C=O) groups excluding carboxylic acids is 1. The van der Waals surface area contributed by atoms with Crippen molar-refractivity contribution in [2.75, 3.05) is 6.54 Å². The van der Waals surface area contributed by atoms with E-state index in [1.807, 2.05) is 26.8 Å². The predicted molar refractivity (Wildman–Crippen MR) is 85.0 cm³/mol. The lowest BCUT2D eigenvalue weighted by atomic mass is 10.1. The largest absolute Gasteiger partial charge is 0.350 e. The summed E-state index contributed by atoms with van der Waals surface area (Å²) >= 11 is 1.40. The summed E-state index contributed by atoms with van der Waals surface area (Å²) in [6, 6.07) is 8.14. The fourth-order valence-electron chi connectivity index (χ4n) is 1.88. The van der Waals surface area contributed by atoms with Gasteiger partial charge in [-0.2, -0.15) is 0 Å². The minimum absolute atomic E-state index is 0.130. The molecule has 0 radical (unpaired) electrons. The summed E-state index contributed by atoms with van der Waals surface area (Å²) in [6.07, 6.45) is 0. The van der Waals surface area contributed by atoms with Gasteiger partial charge in [0, 0.05) is 17.0 Å². The lowest BCUT2D eigenvalue weighted by Gasteiger charge is -2.18. The highest BCUT2D eigenvalue weighted by Crippen LogP contribution is 2.32. The summed E-state index contributed by atoms with van der Waals surface area (Å²) in [6.45, 7) is 6.07. The van der Waals surface area contributed by atoms with E-state index >= 15 is 0 Å². The Morgan fingerprint density at radius 1 is 1.33 bits per heavy atom. The molecule has 0 unspecified atom stereocenters. The quantitative estimate of drug-likeness (QED) is 0.910. The molecular formula is C16H19FN2OS. The van der Waals surface area contributed by atoms with Gasteiger partial charge in [-0.05, 0) is 50.1 Å². The Labute approximate surface area is 128 Å². The van der Waals surface area contributed by atoms with Crippen LogP contribution in [0.25, 0.3) is 10.4 Å². The van der Waals surface area contributed by atoms with E-state index in [0.29, 0.717) is 11.4 Å². The SMILES string of the molecule is Cc1cc(C(=O)NCC(C)(C)N)sc1-c1ccc(F)cc1. The van der Waals surface area contributed by atoms with E-state index in [1.165, 1.54) is 23.5 Å². The number of carbonyl (C=O) groups is 1. The molecule has 0 aliphatic carbocycles. The number of rotatable bonds is 4. The van der Waals surface area contributed by atoms with Gasteiger partial charge in [-0.25, -0.2) is 4.39 Å². The van der Waals surface area contributed by atoms with Crippen LogP contribution in [0.2, 0.25) is 0 Å². The zero-order valence-electron chi connectivity index (χ0n) is 12.4. The standard InChI is InChI=1S/C16H19FN2OS/c1-10-8-13(15(20)19-9-16(2,3)18)21-14(10)11-4-6-12(17)7-5-11/h4-8H,9,18H2,1-3H3,(H,19,20). The Balaban J connectivity index is 2.19. The Kier molecular flexibility index (Phi) is 4.44. The molecule has 3 N–H and O–H groups in total. The van der Waals surface area contributed by atoms with Crippen molar-refractivity contribution < 1.29 is 9.18 Å². The molecule has 3 nitrogen and oxygen atoms in total. The molecule has 0 fully saturated rings. The number of aryl methyl sites for hydroxylation is 1. The van der Waals surface area contributed by atoms with Crippen LogP contribution in [0.3, 0.4) is 0 Å². The Hall–Kier alpha value is -1.72. The third-order valence-corrected chi connectivity index (χ3v) is 4.24. The smallest absolute Gasteiger partial charge is 0.261 e. The molecule has 0 aliphatic rings. The average molecular weight is 306 g/mol. The second-order valence-corrected chi connectivity index (χ2v) is 6.85. The zero-order valence-corrected chi connectivity index (χ0v) is 13.2. The second kappa shape index (κ2) is 5.95. The van der Waals surface area contributed by atoms with E-state index in [4.69, 9.17) is 5.73 Å². The van der Waals surface area contributed by atoms with Crippen molar-refractivity contribution in [1.29, 1.82) is 0 Å². The van der Waals surface area contributed by atoms with E-state index < -0.39 is 5.54 Å². The Bertz CT molecular complexity index is 641. The molecule has 21 heavy (non-hydrogen) atoms. The lowest BCUT2D eigenvalue weighted by Crippen LogP contribution is -2.44. The first-order valence-electron chi connectivity index (χ1n) is 6.70. The number of nitrogens with one attached hydrogen (secondary N) is 1. The van der Waals surface area contributed by atoms with Gasteiger partial charge >= 0.3 is 0 Å². The van der Waals surface area contributed by atoms with Crippen molar-refractivity contribution in [2.45, 2.75) is 26.3 Å². The summed E-state index contributed by atoms with van der Waals surface area (Å²) < 4.78 is 13.0. The second-order valence-electron chi connectivity index (χ2n) is 5.80. The van der Waals surface area contributed by atoms with Gasteiger partial charge in [0.1, 0.15) is 5.82 Å². The van der Waals surface area contributed by atoms with Gasteiger partial charge in [-0.15, -0.1) is 11.3 Å². The topological polar surface area (TPSA) is 55.1 Å². The molecule has 0 atom stereocenters.